The first-order valence-electron chi connectivity index (χ1n) is 4.01. The Kier molecular flexibility index (Phi) is 2.48. The molecule has 3 nitrogen and oxygen atoms in total. The van der Waals surface area contributed by atoms with Gasteiger partial charge in [0.1, 0.15) is 0 Å². The van der Waals surface area contributed by atoms with Crippen molar-refractivity contribution in [1.29, 1.82) is 0 Å². The number of hydrogen-bond donors (Lipinski definition) is 2. The van der Waals surface area contributed by atoms with Crippen LogP contribution in [0.3, 0.4) is 0 Å². The lowest BCUT2D eigenvalue weighted by molar-refractivity contribution is 0.0758. The third kappa shape index (κ3) is 1.71. The normalized spacial score (nSPS) is 24.2. The van der Waals surface area contributed by atoms with Crippen LogP contribution < -0.4 is 5.32 Å². The lowest BCUT2D eigenvalue weighted by Gasteiger charge is -2.22. The molecular weight excluding hydrogens is 220 g/mol. The summed E-state index contributed by atoms with van der Waals surface area (Å²) in [5, 5.41) is 3.37. The maximum atomic E-state index is 5.35. The van der Waals surface area contributed by atoms with E-state index in [1.54, 1.807) is 0 Å². The molecule has 0 aliphatic carbocycles. The van der Waals surface area contributed by atoms with Gasteiger partial charge in [-0.05, 0) is 22.0 Å². The van der Waals surface area contributed by atoms with Gasteiger partial charge in [0.2, 0.25) is 0 Å². The predicted octanol–water partition coefficient (Wildman–Crippen LogP) is 1.44. The highest BCUT2D eigenvalue weighted by Gasteiger charge is 2.15. The molecule has 1 aliphatic heterocycles. The number of aromatic amines is 1. The van der Waals surface area contributed by atoms with E-state index in [1.165, 1.54) is 5.69 Å². The molecule has 0 radical (unpaired) electrons. The third-order valence-electron chi connectivity index (χ3n) is 1.97. The lowest BCUT2D eigenvalue weighted by Crippen LogP contribution is -2.34. The van der Waals surface area contributed by atoms with E-state index in [2.05, 4.69) is 32.3 Å². The first-order chi connectivity index (χ1) is 5.86. The van der Waals surface area contributed by atoms with Gasteiger partial charge in [-0.3, -0.25) is 0 Å². The number of nitrogens with one attached hydrogen (secondary N) is 2. The molecule has 0 unspecified atom stereocenters. The second-order valence-corrected chi connectivity index (χ2v) is 3.77. The summed E-state index contributed by atoms with van der Waals surface area (Å²) >= 11 is 3.40. The third-order valence-corrected chi connectivity index (χ3v) is 2.43. The van der Waals surface area contributed by atoms with Gasteiger partial charge in [0.15, 0.2) is 0 Å². The van der Waals surface area contributed by atoms with Gasteiger partial charge in [0.25, 0.3) is 0 Å². The van der Waals surface area contributed by atoms with Crippen molar-refractivity contribution < 1.29 is 4.74 Å². The number of rotatable bonds is 1. The largest absolute Gasteiger partial charge is 0.378 e. The van der Waals surface area contributed by atoms with E-state index in [0.717, 1.165) is 24.2 Å². The van der Waals surface area contributed by atoms with E-state index < -0.39 is 0 Å². The van der Waals surface area contributed by atoms with Crippen molar-refractivity contribution in [3.63, 3.8) is 0 Å². The highest BCUT2D eigenvalue weighted by atomic mass is 79.9. The second-order valence-electron chi connectivity index (χ2n) is 2.85. The Morgan fingerprint density at radius 3 is 3.08 bits per heavy atom. The van der Waals surface area contributed by atoms with Crippen molar-refractivity contribution in [2.75, 3.05) is 19.8 Å². The van der Waals surface area contributed by atoms with E-state index in [0.29, 0.717) is 6.04 Å². The number of H-pyrrole nitrogens is 1. The molecule has 0 bridgehead atoms. The quantitative estimate of drug-likeness (QED) is 0.767. The lowest BCUT2D eigenvalue weighted by atomic mass is 10.2. The zero-order valence-electron chi connectivity index (χ0n) is 6.64. The molecule has 12 heavy (non-hydrogen) atoms. The summed E-state index contributed by atoms with van der Waals surface area (Å²) in [5.41, 5.74) is 1.18. The van der Waals surface area contributed by atoms with Crippen molar-refractivity contribution in [3.8, 4) is 0 Å². The number of morpholine rings is 1. The van der Waals surface area contributed by atoms with Gasteiger partial charge in [0, 0.05) is 22.9 Å². The first kappa shape index (κ1) is 8.29. The summed E-state index contributed by atoms with van der Waals surface area (Å²) in [7, 11) is 0. The Hall–Kier alpha value is -0.320. The van der Waals surface area contributed by atoms with E-state index in [9.17, 15) is 0 Å². The van der Waals surface area contributed by atoms with E-state index in [-0.39, 0.29) is 0 Å². The Bertz CT molecular complexity index is 255. The number of halogens is 1. The summed E-state index contributed by atoms with van der Waals surface area (Å²) in [4.78, 5) is 3.19. The molecule has 2 rings (SSSR count). The predicted molar refractivity (Wildman–Crippen MR) is 50.1 cm³/mol. The molecule has 1 fully saturated rings. The average Bonchev–Trinajstić information content (AvgIpc) is 2.54. The number of hydrogen-bond acceptors (Lipinski definition) is 2. The Morgan fingerprint density at radius 1 is 1.58 bits per heavy atom. The topological polar surface area (TPSA) is 37.0 Å². The minimum atomic E-state index is 0.324. The molecule has 1 aromatic rings. The number of ether oxygens (including phenoxy) is 1. The van der Waals surface area contributed by atoms with Crippen LogP contribution in [-0.2, 0) is 4.74 Å². The summed E-state index contributed by atoms with van der Waals surface area (Å²) in [5.74, 6) is 0. The molecule has 1 atom stereocenters. The molecular formula is C8H11BrN2O. The molecule has 0 amide bonds. The standard InChI is InChI=1S/C8H11BrN2O/c9-6-3-7(11-4-6)8-5-12-2-1-10-8/h3-4,8,10-11H,1-2,5H2/t8-/m0/s1. The van der Waals surface area contributed by atoms with Gasteiger partial charge < -0.3 is 15.0 Å². The molecule has 2 heterocycles. The maximum absolute atomic E-state index is 5.35. The molecule has 4 heteroatoms. The van der Waals surface area contributed by atoms with E-state index >= 15 is 0 Å². The van der Waals surface area contributed by atoms with Crippen molar-refractivity contribution in [3.05, 3.63) is 22.4 Å². The van der Waals surface area contributed by atoms with Crippen LogP contribution in [0, 0.1) is 0 Å². The highest BCUT2D eigenvalue weighted by Crippen LogP contribution is 2.18. The SMILES string of the molecule is Brc1c[nH]c([C@@H]2COCCN2)c1. The van der Waals surface area contributed by atoms with Gasteiger partial charge in [-0.2, -0.15) is 0 Å². The van der Waals surface area contributed by atoms with Gasteiger partial charge in [-0.25, -0.2) is 0 Å². The van der Waals surface area contributed by atoms with Crippen LogP contribution in [0.2, 0.25) is 0 Å². The fraction of sp³-hybridized carbons (Fsp3) is 0.500. The minimum absolute atomic E-state index is 0.324. The second kappa shape index (κ2) is 3.60. The zero-order valence-corrected chi connectivity index (χ0v) is 8.23. The van der Waals surface area contributed by atoms with Crippen LogP contribution >= 0.6 is 15.9 Å². The van der Waals surface area contributed by atoms with Gasteiger partial charge in [-0.15, -0.1) is 0 Å². The van der Waals surface area contributed by atoms with Gasteiger partial charge in [-0.1, -0.05) is 0 Å². The van der Waals surface area contributed by atoms with Gasteiger partial charge >= 0.3 is 0 Å². The maximum Gasteiger partial charge on any atom is 0.0711 e. The van der Waals surface area contributed by atoms with E-state index in [4.69, 9.17) is 4.74 Å². The zero-order chi connectivity index (χ0) is 8.39. The van der Waals surface area contributed by atoms with Crippen LogP contribution in [-0.4, -0.2) is 24.7 Å². The molecule has 1 aromatic heterocycles. The Morgan fingerprint density at radius 2 is 2.50 bits per heavy atom. The molecule has 1 aliphatic rings. The highest BCUT2D eigenvalue weighted by molar-refractivity contribution is 9.10. The molecule has 66 valence electrons. The Balaban J connectivity index is 2.08. The molecule has 0 saturated carbocycles. The van der Waals surface area contributed by atoms with Crippen LogP contribution in [0.4, 0.5) is 0 Å². The van der Waals surface area contributed by atoms with E-state index in [1.807, 2.05) is 6.20 Å². The Labute approximate surface area is 79.6 Å². The monoisotopic (exact) mass is 230 g/mol. The summed E-state index contributed by atoms with van der Waals surface area (Å²) in [6.07, 6.45) is 1.94. The summed E-state index contributed by atoms with van der Waals surface area (Å²) in [6.45, 7) is 2.51. The van der Waals surface area contributed by atoms with Crippen molar-refractivity contribution in [2.45, 2.75) is 6.04 Å². The summed E-state index contributed by atoms with van der Waals surface area (Å²) < 4.78 is 6.44. The van der Waals surface area contributed by atoms with Crippen LogP contribution in [0.25, 0.3) is 0 Å². The fourth-order valence-corrected chi connectivity index (χ4v) is 1.71. The van der Waals surface area contributed by atoms with Crippen LogP contribution in [0.1, 0.15) is 11.7 Å². The molecule has 0 spiro atoms. The average molecular weight is 231 g/mol. The van der Waals surface area contributed by atoms with Crippen molar-refractivity contribution >= 4 is 15.9 Å². The van der Waals surface area contributed by atoms with Crippen LogP contribution in [0.15, 0.2) is 16.7 Å². The first-order valence-corrected chi connectivity index (χ1v) is 4.80. The van der Waals surface area contributed by atoms with Gasteiger partial charge in [0.05, 0.1) is 19.3 Å². The summed E-state index contributed by atoms with van der Waals surface area (Å²) in [6, 6.07) is 2.40. The molecule has 1 saturated heterocycles. The molecule has 2 N–H and O–H groups in total. The van der Waals surface area contributed by atoms with Crippen molar-refractivity contribution in [1.82, 2.24) is 10.3 Å². The fourth-order valence-electron chi connectivity index (χ4n) is 1.35. The molecule has 0 aromatic carbocycles. The number of aromatic nitrogens is 1. The van der Waals surface area contributed by atoms with Crippen LogP contribution in [0.5, 0.6) is 0 Å². The van der Waals surface area contributed by atoms with Crippen molar-refractivity contribution in [2.24, 2.45) is 0 Å². The smallest absolute Gasteiger partial charge is 0.0711 e. The minimum Gasteiger partial charge on any atom is -0.378 e.